The van der Waals surface area contributed by atoms with Crippen molar-refractivity contribution in [1.82, 2.24) is 9.97 Å². The number of nitrogens with zero attached hydrogens (tertiary/aromatic N) is 2. The van der Waals surface area contributed by atoms with Gasteiger partial charge < -0.3 is 15.6 Å². The van der Waals surface area contributed by atoms with Gasteiger partial charge in [0.05, 0.1) is 6.33 Å². The number of anilines is 1. The average Bonchev–Trinajstić information content (AvgIpc) is 2.65. The fourth-order valence-electron chi connectivity index (χ4n) is 1.85. The maximum atomic E-state index is 11.1. The van der Waals surface area contributed by atoms with Crippen LogP contribution in [-0.4, -0.2) is 28.5 Å². The van der Waals surface area contributed by atoms with Gasteiger partial charge in [0.1, 0.15) is 11.9 Å². The fraction of sp³-hybridized carbons (Fsp3) is 0.444. The number of aromatic amines is 1. The van der Waals surface area contributed by atoms with Crippen molar-refractivity contribution in [2.45, 2.75) is 18.9 Å². The first-order chi connectivity index (χ1) is 7.18. The lowest BCUT2D eigenvalue weighted by atomic mass is 10.2. The lowest BCUT2D eigenvalue weighted by Crippen LogP contribution is -2.41. The van der Waals surface area contributed by atoms with Crippen LogP contribution in [0.15, 0.2) is 17.2 Å². The van der Waals surface area contributed by atoms with E-state index in [1.807, 2.05) is 0 Å². The standard InChI is InChI=1S/C9H12N4O2/c10-9(15)6-2-1-3-13(6)7-4-8(14)12-5-11-7/h4-6H,1-3H2,(H2,10,15)(H,11,12,14). The molecule has 3 N–H and O–H groups in total. The molecule has 15 heavy (non-hydrogen) atoms. The van der Waals surface area contributed by atoms with Crippen LogP contribution in [0.3, 0.4) is 0 Å². The van der Waals surface area contributed by atoms with Crippen LogP contribution in [0.5, 0.6) is 0 Å². The molecule has 1 aliphatic rings. The number of H-pyrrole nitrogens is 1. The van der Waals surface area contributed by atoms with Gasteiger partial charge in [-0.05, 0) is 12.8 Å². The number of primary amides is 1. The van der Waals surface area contributed by atoms with E-state index in [1.54, 1.807) is 4.90 Å². The third kappa shape index (κ3) is 1.83. The van der Waals surface area contributed by atoms with Crippen LogP contribution in [-0.2, 0) is 4.79 Å². The molecule has 6 nitrogen and oxygen atoms in total. The molecule has 80 valence electrons. The van der Waals surface area contributed by atoms with E-state index in [4.69, 9.17) is 5.73 Å². The Hall–Kier alpha value is -1.85. The van der Waals surface area contributed by atoms with E-state index in [0.717, 1.165) is 12.8 Å². The zero-order valence-corrected chi connectivity index (χ0v) is 8.14. The minimum absolute atomic E-state index is 0.227. The summed E-state index contributed by atoms with van der Waals surface area (Å²) in [5.41, 5.74) is 5.04. The Morgan fingerprint density at radius 2 is 2.47 bits per heavy atom. The highest BCUT2D eigenvalue weighted by Crippen LogP contribution is 2.21. The molecule has 0 aromatic carbocycles. The first-order valence-electron chi connectivity index (χ1n) is 4.79. The molecule has 2 heterocycles. The summed E-state index contributed by atoms with van der Waals surface area (Å²) in [6.07, 6.45) is 2.94. The highest BCUT2D eigenvalue weighted by atomic mass is 16.1. The number of carbonyl (C=O) groups excluding carboxylic acids is 1. The first kappa shape index (κ1) is 9.70. The maximum absolute atomic E-state index is 11.1. The largest absolute Gasteiger partial charge is 0.368 e. The van der Waals surface area contributed by atoms with Crippen LogP contribution in [0, 0.1) is 0 Å². The summed E-state index contributed by atoms with van der Waals surface area (Å²) in [5.74, 6) is 0.148. The molecule has 1 saturated heterocycles. The molecule has 1 aliphatic heterocycles. The lowest BCUT2D eigenvalue weighted by Gasteiger charge is -2.22. The van der Waals surface area contributed by atoms with Crippen molar-refractivity contribution >= 4 is 11.7 Å². The predicted octanol–water partition coefficient (Wildman–Crippen LogP) is -0.776. The summed E-state index contributed by atoms with van der Waals surface area (Å²) in [7, 11) is 0. The summed E-state index contributed by atoms with van der Waals surface area (Å²) < 4.78 is 0. The first-order valence-corrected chi connectivity index (χ1v) is 4.79. The summed E-state index contributed by atoms with van der Waals surface area (Å²) in [4.78, 5) is 30.4. The summed E-state index contributed by atoms with van der Waals surface area (Å²) in [6.45, 7) is 0.712. The monoisotopic (exact) mass is 208 g/mol. The molecular weight excluding hydrogens is 196 g/mol. The number of nitrogens with one attached hydrogen (secondary N) is 1. The normalized spacial score (nSPS) is 20.5. The Morgan fingerprint density at radius 3 is 3.13 bits per heavy atom. The summed E-state index contributed by atoms with van der Waals surface area (Å²) >= 11 is 0. The Bertz CT molecular complexity index is 428. The van der Waals surface area contributed by atoms with Crippen LogP contribution < -0.4 is 16.2 Å². The molecule has 1 unspecified atom stereocenters. The average molecular weight is 208 g/mol. The van der Waals surface area contributed by atoms with Crippen molar-refractivity contribution in [3.05, 3.63) is 22.7 Å². The second-order valence-corrected chi connectivity index (χ2v) is 3.52. The minimum Gasteiger partial charge on any atom is -0.368 e. The van der Waals surface area contributed by atoms with Gasteiger partial charge in [-0.25, -0.2) is 4.98 Å². The van der Waals surface area contributed by atoms with E-state index in [0.29, 0.717) is 12.4 Å². The molecule has 1 amide bonds. The second-order valence-electron chi connectivity index (χ2n) is 3.52. The number of rotatable bonds is 2. The van der Waals surface area contributed by atoms with Gasteiger partial charge in [-0.2, -0.15) is 0 Å². The molecule has 0 bridgehead atoms. The molecule has 6 heteroatoms. The van der Waals surface area contributed by atoms with Crippen molar-refractivity contribution in [3.8, 4) is 0 Å². The summed E-state index contributed by atoms with van der Waals surface area (Å²) in [5, 5.41) is 0. The van der Waals surface area contributed by atoms with Gasteiger partial charge in [0.25, 0.3) is 5.56 Å². The Labute approximate surface area is 86.1 Å². The Kier molecular flexibility index (Phi) is 2.40. The summed E-state index contributed by atoms with van der Waals surface area (Å²) in [6, 6.07) is 1.04. The van der Waals surface area contributed by atoms with Crippen molar-refractivity contribution in [1.29, 1.82) is 0 Å². The van der Waals surface area contributed by atoms with Crippen LogP contribution in [0.25, 0.3) is 0 Å². The number of nitrogens with two attached hydrogens (primary N) is 1. The SMILES string of the molecule is NC(=O)C1CCCN1c1cc(=O)[nH]cn1. The van der Waals surface area contributed by atoms with Crippen molar-refractivity contribution in [3.63, 3.8) is 0 Å². The van der Waals surface area contributed by atoms with Gasteiger partial charge >= 0.3 is 0 Å². The Balaban J connectivity index is 2.30. The molecule has 1 fully saturated rings. The van der Waals surface area contributed by atoms with E-state index in [-0.39, 0.29) is 17.5 Å². The molecule has 0 radical (unpaired) electrons. The molecule has 2 rings (SSSR count). The second kappa shape index (κ2) is 3.72. The maximum Gasteiger partial charge on any atom is 0.252 e. The highest BCUT2D eigenvalue weighted by molar-refractivity contribution is 5.83. The zero-order chi connectivity index (χ0) is 10.8. The highest BCUT2D eigenvalue weighted by Gasteiger charge is 2.29. The molecular formula is C9H12N4O2. The smallest absolute Gasteiger partial charge is 0.252 e. The van der Waals surface area contributed by atoms with Gasteiger partial charge in [0.15, 0.2) is 0 Å². The number of hydrogen-bond acceptors (Lipinski definition) is 4. The predicted molar refractivity (Wildman–Crippen MR) is 54.4 cm³/mol. The number of carbonyl (C=O) groups is 1. The zero-order valence-electron chi connectivity index (χ0n) is 8.14. The van der Waals surface area contributed by atoms with Gasteiger partial charge in [-0.3, -0.25) is 9.59 Å². The van der Waals surface area contributed by atoms with E-state index in [1.165, 1.54) is 12.4 Å². The number of amides is 1. The van der Waals surface area contributed by atoms with Crippen LogP contribution >= 0.6 is 0 Å². The molecule has 1 atom stereocenters. The van der Waals surface area contributed by atoms with Crippen LogP contribution in [0.4, 0.5) is 5.82 Å². The molecule has 1 aromatic rings. The van der Waals surface area contributed by atoms with Crippen molar-refractivity contribution in [2.24, 2.45) is 5.73 Å². The van der Waals surface area contributed by atoms with Gasteiger partial charge in [0.2, 0.25) is 5.91 Å². The molecule has 1 aromatic heterocycles. The van der Waals surface area contributed by atoms with Gasteiger partial charge in [0, 0.05) is 12.6 Å². The van der Waals surface area contributed by atoms with E-state index < -0.39 is 0 Å². The topological polar surface area (TPSA) is 92.1 Å². The molecule has 0 saturated carbocycles. The number of hydrogen-bond donors (Lipinski definition) is 2. The Morgan fingerprint density at radius 1 is 1.67 bits per heavy atom. The van der Waals surface area contributed by atoms with Crippen molar-refractivity contribution < 1.29 is 4.79 Å². The quantitative estimate of drug-likeness (QED) is 0.667. The third-order valence-electron chi connectivity index (χ3n) is 2.54. The lowest BCUT2D eigenvalue weighted by molar-refractivity contribution is -0.119. The van der Waals surface area contributed by atoms with Crippen LogP contribution in [0.2, 0.25) is 0 Å². The van der Waals surface area contributed by atoms with Crippen molar-refractivity contribution in [2.75, 3.05) is 11.4 Å². The fourth-order valence-corrected chi connectivity index (χ4v) is 1.85. The van der Waals surface area contributed by atoms with E-state index in [9.17, 15) is 9.59 Å². The van der Waals surface area contributed by atoms with E-state index in [2.05, 4.69) is 9.97 Å². The molecule has 0 aliphatic carbocycles. The van der Waals surface area contributed by atoms with Gasteiger partial charge in [-0.1, -0.05) is 0 Å². The third-order valence-corrected chi connectivity index (χ3v) is 2.54. The van der Waals surface area contributed by atoms with Gasteiger partial charge in [-0.15, -0.1) is 0 Å². The van der Waals surface area contributed by atoms with Crippen LogP contribution in [0.1, 0.15) is 12.8 Å². The number of aromatic nitrogens is 2. The van der Waals surface area contributed by atoms with E-state index >= 15 is 0 Å². The minimum atomic E-state index is -0.366. The molecule has 0 spiro atoms.